The first kappa shape index (κ1) is 13.5. The van der Waals surface area contributed by atoms with E-state index >= 15 is 0 Å². The van der Waals surface area contributed by atoms with Crippen LogP contribution in [0.15, 0.2) is 72.9 Å². The van der Waals surface area contributed by atoms with Gasteiger partial charge in [0.05, 0.1) is 0 Å². The fourth-order valence-electron chi connectivity index (χ4n) is 2.66. The summed E-state index contributed by atoms with van der Waals surface area (Å²) in [5.41, 5.74) is 4.21. The quantitative estimate of drug-likeness (QED) is 0.628. The van der Waals surface area contributed by atoms with Crippen LogP contribution >= 0.6 is 0 Å². The van der Waals surface area contributed by atoms with E-state index in [1.807, 2.05) is 40.8 Å². The molecule has 0 saturated heterocycles. The van der Waals surface area contributed by atoms with Gasteiger partial charge >= 0.3 is 0 Å². The molecule has 0 fully saturated rings. The van der Waals surface area contributed by atoms with Gasteiger partial charge in [0.15, 0.2) is 5.65 Å². The van der Waals surface area contributed by atoms with Crippen molar-refractivity contribution in [1.29, 1.82) is 0 Å². The maximum Gasteiger partial charge on any atom is 0.160 e. The lowest BCUT2D eigenvalue weighted by Crippen LogP contribution is -1.96. The Labute approximate surface area is 133 Å². The maximum atomic E-state index is 9.38. The fourth-order valence-corrected chi connectivity index (χ4v) is 2.66. The molecule has 2 aromatic carbocycles. The molecule has 2 heterocycles. The number of phenolic OH excluding ortho intramolecular Hbond substituents is 1. The summed E-state index contributed by atoms with van der Waals surface area (Å²) in [4.78, 5) is 0. The molecule has 2 aromatic heterocycles. The molecule has 0 unspecified atom stereocenters. The predicted octanol–water partition coefficient (Wildman–Crippen LogP) is 3.69. The van der Waals surface area contributed by atoms with Gasteiger partial charge in [0.2, 0.25) is 0 Å². The van der Waals surface area contributed by atoms with Crippen molar-refractivity contribution in [3.8, 4) is 16.9 Å². The Balaban J connectivity index is 1.74. The highest BCUT2D eigenvalue weighted by molar-refractivity contribution is 5.64. The van der Waals surface area contributed by atoms with E-state index in [0.717, 1.165) is 22.6 Å². The molecule has 4 nitrogen and oxygen atoms in total. The Morgan fingerprint density at radius 3 is 2.35 bits per heavy atom. The summed E-state index contributed by atoms with van der Waals surface area (Å²) in [5.74, 6) is 1.15. The molecule has 0 radical (unpaired) electrons. The molecule has 4 aromatic rings. The minimum absolute atomic E-state index is 0.270. The Hall–Kier alpha value is -3.14. The van der Waals surface area contributed by atoms with E-state index in [-0.39, 0.29) is 5.75 Å². The average Bonchev–Trinajstić information content (AvgIpc) is 3.00. The number of aromatic nitrogens is 3. The number of nitrogens with zero attached hydrogens (tertiary/aromatic N) is 3. The Morgan fingerprint density at radius 2 is 1.57 bits per heavy atom. The highest BCUT2D eigenvalue weighted by Crippen LogP contribution is 2.21. The van der Waals surface area contributed by atoms with E-state index in [4.69, 9.17) is 0 Å². The van der Waals surface area contributed by atoms with Crippen molar-refractivity contribution in [1.82, 2.24) is 14.6 Å². The van der Waals surface area contributed by atoms with E-state index in [1.165, 1.54) is 5.56 Å². The molecule has 0 aliphatic carbocycles. The van der Waals surface area contributed by atoms with Crippen molar-refractivity contribution in [2.75, 3.05) is 0 Å². The molecular formula is C19H15N3O. The number of hydrogen-bond donors (Lipinski definition) is 1. The Morgan fingerprint density at radius 1 is 0.783 bits per heavy atom. The number of hydrogen-bond acceptors (Lipinski definition) is 3. The number of fused-ring (bicyclic) bond motifs is 1. The summed E-state index contributed by atoms with van der Waals surface area (Å²) in [6.45, 7) is 0. The van der Waals surface area contributed by atoms with Crippen molar-refractivity contribution < 1.29 is 5.11 Å². The number of aromatic hydroxyl groups is 1. The molecule has 0 atom stereocenters. The predicted molar refractivity (Wildman–Crippen MR) is 89.3 cm³/mol. The lowest BCUT2D eigenvalue weighted by atomic mass is 10.1. The number of benzene rings is 2. The summed E-state index contributed by atoms with van der Waals surface area (Å²) in [6.07, 6.45) is 2.74. The van der Waals surface area contributed by atoms with Crippen LogP contribution in [-0.2, 0) is 6.42 Å². The van der Waals surface area contributed by atoms with E-state index in [2.05, 4.69) is 34.6 Å². The molecule has 0 aliphatic rings. The number of phenols is 1. The van der Waals surface area contributed by atoms with Gasteiger partial charge in [-0.05, 0) is 41.0 Å². The van der Waals surface area contributed by atoms with E-state index < -0.39 is 0 Å². The molecule has 4 heteroatoms. The Bertz CT molecular complexity index is 943. The van der Waals surface area contributed by atoms with Crippen molar-refractivity contribution in [3.63, 3.8) is 0 Å². The summed E-state index contributed by atoms with van der Waals surface area (Å²) in [5, 5.41) is 17.9. The van der Waals surface area contributed by atoms with E-state index in [1.54, 1.807) is 12.1 Å². The zero-order valence-electron chi connectivity index (χ0n) is 12.4. The van der Waals surface area contributed by atoms with Crippen LogP contribution in [0.5, 0.6) is 5.75 Å². The second-order valence-electron chi connectivity index (χ2n) is 5.47. The standard InChI is InChI=1S/C19H15N3O/c23-17-9-6-14(7-10-17)12-19-21-20-18-11-8-16(13-22(18)19)15-4-2-1-3-5-15/h1-11,13,23H,12H2. The van der Waals surface area contributed by atoms with Crippen LogP contribution in [0, 0.1) is 0 Å². The minimum atomic E-state index is 0.270. The van der Waals surface area contributed by atoms with Crippen LogP contribution in [0.3, 0.4) is 0 Å². The monoisotopic (exact) mass is 301 g/mol. The van der Waals surface area contributed by atoms with E-state index in [0.29, 0.717) is 6.42 Å². The molecule has 0 saturated carbocycles. The van der Waals surface area contributed by atoms with Crippen LogP contribution in [-0.4, -0.2) is 19.7 Å². The van der Waals surface area contributed by atoms with Gasteiger partial charge in [-0.25, -0.2) is 0 Å². The zero-order chi connectivity index (χ0) is 15.6. The summed E-state index contributed by atoms with van der Waals surface area (Å²) in [6, 6.07) is 21.5. The van der Waals surface area contributed by atoms with Crippen molar-refractivity contribution in [3.05, 3.63) is 84.3 Å². The fraction of sp³-hybridized carbons (Fsp3) is 0.0526. The molecule has 0 amide bonds. The van der Waals surface area contributed by atoms with Crippen molar-refractivity contribution >= 4 is 5.65 Å². The van der Waals surface area contributed by atoms with Gasteiger partial charge in [-0.15, -0.1) is 10.2 Å². The second-order valence-corrected chi connectivity index (χ2v) is 5.47. The van der Waals surface area contributed by atoms with Gasteiger partial charge in [-0.2, -0.15) is 0 Å². The first-order chi connectivity index (χ1) is 11.3. The topological polar surface area (TPSA) is 50.4 Å². The molecule has 23 heavy (non-hydrogen) atoms. The number of rotatable bonds is 3. The van der Waals surface area contributed by atoms with Gasteiger partial charge in [0.1, 0.15) is 11.6 Å². The van der Waals surface area contributed by atoms with Crippen LogP contribution in [0.1, 0.15) is 11.4 Å². The molecule has 0 aliphatic heterocycles. The average molecular weight is 301 g/mol. The smallest absolute Gasteiger partial charge is 0.160 e. The van der Waals surface area contributed by atoms with Gasteiger partial charge in [-0.3, -0.25) is 4.40 Å². The van der Waals surface area contributed by atoms with Crippen LogP contribution in [0.4, 0.5) is 0 Å². The first-order valence-corrected chi connectivity index (χ1v) is 7.46. The third kappa shape index (κ3) is 2.66. The highest BCUT2D eigenvalue weighted by Gasteiger charge is 2.08. The Kier molecular flexibility index (Phi) is 3.27. The van der Waals surface area contributed by atoms with Gasteiger partial charge in [0, 0.05) is 12.6 Å². The van der Waals surface area contributed by atoms with Crippen LogP contribution in [0.2, 0.25) is 0 Å². The molecule has 0 spiro atoms. The molecule has 112 valence electrons. The summed E-state index contributed by atoms with van der Waals surface area (Å²) in [7, 11) is 0. The molecule has 1 N–H and O–H groups in total. The highest BCUT2D eigenvalue weighted by atomic mass is 16.3. The van der Waals surface area contributed by atoms with Gasteiger partial charge < -0.3 is 5.11 Å². The molecule has 0 bridgehead atoms. The van der Waals surface area contributed by atoms with Crippen LogP contribution < -0.4 is 0 Å². The lowest BCUT2D eigenvalue weighted by molar-refractivity contribution is 0.475. The van der Waals surface area contributed by atoms with Crippen molar-refractivity contribution in [2.24, 2.45) is 0 Å². The number of pyridine rings is 1. The molecule has 4 rings (SSSR count). The van der Waals surface area contributed by atoms with Crippen molar-refractivity contribution in [2.45, 2.75) is 6.42 Å². The zero-order valence-corrected chi connectivity index (χ0v) is 12.4. The van der Waals surface area contributed by atoms with Crippen LogP contribution in [0.25, 0.3) is 16.8 Å². The van der Waals surface area contributed by atoms with Gasteiger partial charge in [-0.1, -0.05) is 42.5 Å². The summed E-state index contributed by atoms with van der Waals surface area (Å²) >= 11 is 0. The lowest BCUT2D eigenvalue weighted by Gasteiger charge is -2.05. The minimum Gasteiger partial charge on any atom is -0.508 e. The third-order valence-electron chi connectivity index (χ3n) is 3.88. The maximum absolute atomic E-state index is 9.38. The first-order valence-electron chi connectivity index (χ1n) is 7.46. The third-order valence-corrected chi connectivity index (χ3v) is 3.88. The second kappa shape index (κ2) is 5.57. The SMILES string of the molecule is Oc1ccc(Cc2nnc3ccc(-c4ccccc4)cn23)cc1. The molecular weight excluding hydrogens is 286 g/mol. The normalized spacial score (nSPS) is 11.0. The van der Waals surface area contributed by atoms with Gasteiger partial charge in [0.25, 0.3) is 0 Å². The largest absolute Gasteiger partial charge is 0.508 e. The van der Waals surface area contributed by atoms with E-state index in [9.17, 15) is 5.11 Å². The summed E-state index contributed by atoms with van der Waals surface area (Å²) < 4.78 is 2.02.